The first kappa shape index (κ1) is 15.8. The lowest BCUT2D eigenvalue weighted by atomic mass is 10.0. The van der Waals surface area contributed by atoms with Gasteiger partial charge in [0.05, 0.1) is 0 Å². The van der Waals surface area contributed by atoms with Crippen LogP contribution in [0.3, 0.4) is 0 Å². The van der Waals surface area contributed by atoms with Gasteiger partial charge in [-0.1, -0.05) is 13.3 Å². The van der Waals surface area contributed by atoms with Crippen LogP contribution in [0.25, 0.3) is 0 Å². The normalized spacial score (nSPS) is 24.4. The number of carbonyl (C=O) groups is 1. The van der Waals surface area contributed by atoms with Crippen molar-refractivity contribution in [3.05, 3.63) is 0 Å². The molecule has 0 aromatic carbocycles. The summed E-state index contributed by atoms with van der Waals surface area (Å²) in [7, 11) is 0. The van der Waals surface area contributed by atoms with E-state index in [9.17, 15) is 4.79 Å². The lowest BCUT2D eigenvalue weighted by Gasteiger charge is -2.15. The van der Waals surface area contributed by atoms with Crippen molar-refractivity contribution in [1.29, 1.82) is 0 Å². The second kappa shape index (κ2) is 7.34. The minimum absolute atomic E-state index is 0. The summed E-state index contributed by atoms with van der Waals surface area (Å²) >= 11 is 0. The average Bonchev–Trinajstić information content (AvgIpc) is 2.90. The SMILES string of the molecule is CCCC1(CNC(=O)CCC2CCCN2)CC1.Cl. The number of rotatable bonds is 7. The fraction of sp³-hybridized carbons (Fsp3) is 0.929. The molecule has 0 bridgehead atoms. The van der Waals surface area contributed by atoms with Gasteiger partial charge in [-0.25, -0.2) is 0 Å². The Bertz CT molecular complexity index is 261. The summed E-state index contributed by atoms with van der Waals surface area (Å²) in [6, 6.07) is 0.589. The highest BCUT2D eigenvalue weighted by Crippen LogP contribution is 2.48. The highest BCUT2D eigenvalue weighted by atomic mass is 35.5. The van der Waals surface area contributed by atoms with Crippen molar-refractivity contribution in [2.75, 3.05) is 13.1 Å². The molecular weight excluding hydrogens is 248 g/mol. The smallest absolute Gasteiger partial charge is 0.220 e. The summed E-state index contributed by atoms with van der Waals surface area (Å²) in [5.74, 6) is 0.251. The molecule has 1 saturated carbocycles. The lowest BCUT2D eigenvalue weighted by Crippen LogP contribution is -2.31. The molecule has 1 saturated heterocycles. The number of halogens is 1. The van der Waals surface area contributed by atoms with Crippen molar-refractivity contribution in [2.45, 2.75) is 64.3 Å². The molecule has 4 heteroatoms. The van der Waals surface area contributed by atoms with E-state index in [4.69, 9.17) is 0 Å². The van der Waals surface area contributed by atoms with Gasteiger partial charge in [-0.2, -0.15) is 0 Å². The zero-order valence-corrected chi connectivity index (χ0v) is 12.3. The van der Waals surface area contributed by atoms with E-state index in [1.807, 2.05) is 0 Å². The third-order valence-corrected chi connectivity index (χ3v) is 4.28. The maximum absolute atomic E-state index is 11.7. The fourth-order valence-corrected chi connectivity index (χ4v) is 2.91. The quantitative estimate of drug-likeness (QED) is 0.749. The Morgan fingerprint density at radius 3 is 2.78 bits per heavy atom. The number of amides is 1. The summed E-state index contributed by atoms with van der Waals surface area (Å²) in [6.07, 6.45) is 9.35. The molecule has 18 heavy (non-hydrogen) atoms. The maximum atomic E-state index is 11.7. The highest BCUT2D eigenvalue weighted by Gasteiger charge is 2.41. The molecule has 0 spiro atoms. The second-order valence-electron chi connectivity index (χ2n) is 5.86. The van der Waals surface area contributed by atoms with Crippen LogP contribution in [-0.4, -0.2) is 25.0 Å². The molecule has 106 valence electrons. The zero-order valence-electron chi connectivity index (χ0n) is 11.5. The maximum Gasteiger partial charge on any atom is 0.220 e. The van der Waals surface area contributed by atoms with Crippen molar-refractivity contribution in [1.82, 2.24) is 10.6 Å². The minimum atomic E-state index is 0. The molecule has 1 atom stereocenters. The molecule has 1 aliphatic carbocycles. The first-order valence-corrected chi connectivity index (χ1v) is 7.24. The van der Waals surface area contributed by atoms with E-state index in [0.717, 1.165) is 19.5 Å². The largest absolute Gasteiger partial charge is 0.356 e. The van der Waals surface area contributed by atoms with Crippen molar-refractivity contribution in [3.8, 4) is 0 Å². The molecule has 1 unspecified atom stereocenters. The van der Waals surface area contributed by atoms with Crippen molar-refractivity contribution >= 4 is 18.3 Å². The summed E-state index contributed by atoms with van der Waals surface area (Å²) in [4.78, 5) is 11.7. The van der Waals surface area contributed by atoms with Gasteiger partial charge in [0.1, 0.15) is 0 Å². The fourth-order valence-electron chi connectivity index (χ4n) is 2.91. The number of hydrogen-bond donors (Lipinski definition) is 2. The Hall–Kier alpha value is -0.280. The van der Waals surface area contributed by atoms with Crippen LogP contribution in [-0.2, 0) is 4.79 Å². The predicted octanol–water partition coefficient (Wildman–Crippen LogP) is 2.64. The Kier molecular flexibility index (Phi) is 6.44. The van der Waals surface area contributed by atoms with Crippen LogP contribution in [0.15, 0.2) is 0 Å². The summed E-state index contributed by atoms with van der Waals surface area (Å²) < 4.78 is 0. The predicted molar refractivity (Wildman–Crippen MR) is 77.1 cm³/mol. The van der Waals surface area contributed by atoms with Gasteiger partial charge in [-0.05, 0) is 50.5 Å². The Morgan fingerprint density at radius 1 is 1.44 bits per heavy atom. The van der Waals surface area contributed by atoms with Gasteiger partial charge in [-0.3, -0.25) is 4.79 Å². The zero-order chi connectivity index (χ0) is 12.1. The first-order chi connectivity index (χ1) is 8.24. The first-order valence-electron chi connectivity index (χ1n) is 7.24. The topological polar surface area (TPSA) is 41.1 Å². The molecule has 2 rings (SSSR count). The number of hydrogen-bond acceptors (Lipinski definition) is 2. The van der Waals surface area contributed by atoms with Crippen LogP contribution in [0.4, 0.5) is 0 Å². The van der Waals surface area contributed by atoms with E-state index in [2.05, 4.69) is 17.6 Å². The molecule has 1 amide bonds. The second-order valence-corrected chi connectivity index (χ2v) is 5.86. The average molecular weight is 275 g/mol. The van der Waals surface area contributed by atoms with Gasteiger partial charge in [0.25, 0.3) is 0 Å². The van der Waals surface area contributed by atoms with E-state index in [0.29, 0.717) is 17.9 Å². The Balaban J connectivity index is 0.00000162. The molecule has 0 aromatic heterocycles. The Morgan fingerprint density at radius 2 is 2.22 bits per heavy atom. The third kappa shape index (κ3) is 4.77. The summed E-state index contributed by atoms with van der Waals surface area (Å²) in [6.45, 7) is 4.28. The summed E-state index contributed by atoms with van der Waals surface area (Å²) in [5, 5.41) is 6.56. The molecule has 3 nitrogen and oxygen atoms in total. The van der Waals surface area contributed by atoms with Crippen LogP contribution in [0, 0.1) is 5.41 Å². The van der Waals surface area contributed by atoms with Crippen LogP contribution in [0.2, 0.25) is 0 Å². The number of nitrogens with one attached hydrogen (secondary N) is 2. The number of carbonyl (C=O) groups excluding carboxylic acids is 1. The van der Waals surface area contributed by atoms with Gasteiger partial charge in [0, 0.05) is 19.0 Å². The highest BCUT2D eigenvalue weighted by molar-refractivity contribution is 5.85. The van der Waals surface area contributed by atoms with Crippen LogP contribution in [0.5, 0.6) is 0 Å². The van der Waals surface area contributed by atoms with E-state index in [1.165, 1.54) is 38.5 Å². The van der Waals surface area contributed by atoms with Crippen molar-refractivity contribution < 1.29 is 4.79 Å². The van der Waals surface area contributed by atoms with Gasteiger partial charge < -0.3 is 10.6 Å². The molecular formula is C14H27ClN2O. The molecule has 1 aliphatic heterocycles. The lowest BCUT2D eigenvalue weighted by molar-refractivity contribution is -0.121. The molecule has 2 aliphatic rings. The van der Waals surface area contributed by atoms with Crippen LogP contribution in [0.1, 0.15) is 58.3 Å². The van der Waals surface area contributed by atoms with Crippen molar-refractivity contribution in [2.24, 2.45) is 5.41 Å². The third-order valence-electron chi connectivity index (χ3n) is 4.28. The van der Waals surface area contributed by atoms with E-state index >= 15 is 0 Å². The monoisotopic (exact) mass is 274 g/mol. The van der Waals surface area contributed by atoms with Gasteiger partial charge in [0.15, 0.2) is 0 Å². The molecule has 2 fully saturated rings. The van der Waals surface area contributed by atoms with E-state index in [-0.39, 0.29) is 18.3 Å². The van der Waals surface area contributed by atoms with E-state index in [1.54, 1.807) is 0 Å². The molecule has 0 aromatic rings. The van der Waals surface area contributed by atoms with Gasteiger partial charge >= 0.3 is 0 Å². The standard InChI is InChI=1S/C14H26N2O.ClH/c1-2-7-14(8-9-14)11-16-13(17)6-5-12-4-3-10-15-12;/h12,15H,2-11H2,1H3,(H,16,17);1H. The van der Waals surface area contributed by atoms with Crippen LogP contribution >= 0.6 is 12.4 Å². The van der Waals surface area contributed by atoms with Gasteiger partial charge in [0.2, 0.25) is 5.91 Å². The summed E-state index contributed by atoms with van der Waals surface area (Å²) in [5.41, 5.74) is 0.482. The van der Waals surface area contributed by atoms with Crippen LogP contribution < -0.4 is 10.6 Å². The minimum Gasteiger partial charge on any atom is -0.356 e. The molecule has 0 radical (unpaired) electrons. The Labute approximate surface area is 117 Å². The van der Waals surface area contributed by atoms with E-state index < -0.39 is 0 Å². The van der Waals surface area contributed by atoms with Gasteiger partial charge in [-0.15, -0.1) is 12.4 Å². The molecule has 2 N–H and O–H groups in total. The molecule has 1 heterocycles. The van der Waals surface area contributed by atoms with Crippen molar-refractivity contribution in [3.63, 3.8) is 0 Å².